The third-order valence-corrected chi connectivity index (χ3v) is 5.61. The van der Waals surface area contributed by atoms with Gasteiger partial charge in [-0.15, -0.1) is 0 Å². The summed E-state index contributed by atoms with van der Waals surface area (Å²) in [5.74, 6) is -1.80. The van der Waals surface area contributed by atoms with Crippen LogP contribution >= 0.6 is 0 Å². The summed E-state index contributed by atoms with van der Waals surface area (Å²) in [5.41, 5.74) is 1.93. The minimum Gasteiger partial charge on any atom is -0.481 e. The number of nitrogens with zero attached hydrogens (tertiary/aromatic N) is 2. The van der Waals surface area contributed by atoms with Crippen LogP contribution in [0.1, 0.15) is 33.4 Å². The Balaban J connectivity index is 1.72. The number of amides is 1. The lowest BCUT2D eigenvalue weighted by atomic mass is 9.80. The summed E-state index contributed by atoms with van der Waals surface area (Å²) in [6.07, 6.45) is 0. The van der Waals surface area contributed by atoms with Crippen LogP contribution < -0.4 is 0 Å². The van der Waals surface area contributed by atoms with Crippen LogP contribution in [-0.4, -0.2) is 66.2 Å². The Labute approximate surface area is 164 Å². The van der Waals surface area contributed by atoms with Gasteiger partial charge in [-0.2, -0.15) is 0 Å². The number of rotatable bonds is 5. The van der Waals surface area contributed by atoms with Crippen LogP contribution in [0.15, 0.2) is 54.6 Å². The molecule has 2 aliphatic rings. The topological polar surface area (TPSA) is 70.1 Å². The van der Waals surface area contributed by atoms with E-state index in [9.17, 15) is 14.7 Å². The molecule has 1 saturated heterocycles. The second-order valence-electron chi connectivity index (χ2n) is 7.21. The second kappa shape index (κ2) is 8.12. The summed E-state index contributed by atoms with van der Waals surface area (Å²) >= 11 is 0. The number of hydrogen-bond donors (Lipinski definition) is 1. The van der Waals surface area contributed by atoms with Gasteiger partial charge in [0.2, 0.25) is 0 Å². The number of carboxylic acid groups (broad SMARTS) is 1. The first-order valence-electron chi connectivity index (χ1n) is 9.64. The third kappa shape index (κ3) is 3.53. The molecule has 0 radical (unpaired) electrons. The monoisotopic (exact) mass is 380 g/mol. The van der Waals surface area contributed by atoms with Crippen molar-refractivity contribution in [2.75, 3.05) is 39.4 Å². The third-order valence-electron chi connectivity index (χ3n) is 5.61. The fourth-order valence-corrected chi connectivity index (χ4v) is 4.20. The van der Waals surface area contributed by atoms with Gasteiger partial charge in [0.15, 0.2) is 0 Å². The number of carboxylic acids is 1. The quantitative estimate of drug-likeness (QED) is 0.863. The van der Waals surface area contributed by atoms with E-state index in [1.807, 2.05) is 30.3 Å². The van der Waals surface area contributed by atoms with Gasteiger partial charge in [-0.05, 0) is 17.2 Å². The molecular formula is C22H24N2O4. The molecule has 0 aromatic heterocycles. The van der Waals surface area contributed by atoms with Crippen molar-refractivity contribution in [2.45, 2.75) is 12.0 Å². The van der Waals surface area contributed by atoms with Crippen molar-refractivity contribution in [2.24, 2.45) is 0 Å². The fraction of sp³-hybridized carbons (Fsp3) is 0.364. The van der Waals surface area contributed by atoms with Gasteiger partial charge < -0.3 is 14.7 Å². The molecule has 2 aromatic carbocycles. The summed E-state index contributed by atoms with van der Waals surface area (Å²) in [6, 6.07) is 16.0. The van der Waals surface area contributed by atoms with Gasteiger partial charge in [0.05, 0.1) is 19.3 Å². The summed E-state index contributed by atoms with van der Waals surface area (Å²) in [7, 11) is 0. The fourth-order valence-electron chi connectivity index (χ4n) is 4.20. The van der Waals surface area contributed by atoms with E-state index in [0.29, 0.717) is 37.4 Å². The Kier molecular flexibility index (Phi) is 5.41. The van der Waals surface area contributed by atoms with Gasteiger partial charge in [-0.25, -0.2) is 0 Å². The summed E-state index contributed by atoms with van der Waals surface area (Å²) in [6.45, 7) is 4.23. The van der Waals surface area contributed by atoms with Crippen LogP contribution in [0.3, 0.4) is 0 Å². The van der Waals surface area contributed by atoms with Crippen molar-refractivity contribution in [1.29, 1.82) is 0 Å². The molecule has 0 aliphatic carbocycles. The predicted molar refractivity (Wildman–Crippen MR) is 104 cm³/mol. The molecule has 2 atom stereocenters. The van der Waals surface area contributed by atoms with Crippen LogP contribution in [-0.2, 0) is 9.53 Å². The number of fused-ring (bicyclic) bond motifs is 1. The van der Waals surface area contributed by atoms with Crippen LogP contribution in [0, 0.1) is 0 Å². The molecule has 146 valence electrons. The van der Waals surface area contributed by atoms with Gasteiger partial charge in [0.25, 0.3) is 5.91 Å². The standard InChI is InChI=1S/C22H24N2O4/c25-21-18-9-5-4-8-17(18)19(22(26)27)20(16-6-2-1-3-7-16)24(21)11-10-23-12-14-28-15-13-23/h1-9,19-20H,10-15H2,(H,26,27)/t19-,20+/m0/s1. The zero-order chi connectivity index (χ0) is 19.5. The largest absolute Gasteiger partial charge is 0.481 e. The zero-order valence-corrected chi connectivity index (χ0v) is 15.7. The van der Waals surface area contributed by atoms with Crippen LogP contribution in [0.25, 0.3) is 0 Å². The molecule has 0 bridgehead atoms. The maximum Gasteiger partial charge on any atom is 0.313 e. The normalized spacial score (nSPS) is 22.7. The Bertz CT molecular complexity index is 849. The van der Waals surface area contributed by atoms with E-state index in [1.54, 1.807) is 29.2 Å². The van der Waals surface area contributed by atoms with Crippen molar-refractivity contribution < 1.29 is 19.4 Å². The molecule has 2 aliphatic heterocycles. The average molecular weight is 380 g/mol. The summed E-state index contributed by atoms with van der Waals surface area (Å²) < 4.78 is 5.40. The van der Waals surface area contributed by atoms with E-state index in [2.05, 4.69) is 4.90 Å². The lowest BCUT2D eigenvalue weighted by Crippen LogP contribution is -2.49. The van der Waals surface area contributed by atoms with Crippen molar-refractivity contribution in [3.8, 4) is 0 Å². The van der Waals surface area contributed by atoms with Crippen LogP contribution in [0.2, 0.25) is 0 Å². The minimum absolute atomic E-state index is 0.102. The Hall–Kier alpha value is -2.70. The molecule has 1 N–H and O–H groups in total. The number of benzene rings is 2. The molecule has 4 rings (SSSR count). The lowest BCUT2D eigenvalue weighted by Gasteiger charge is -2.42. The number of aliphatic carboxylic acids is 1. The van der Waals surface area contributed by atoms with Crippen molar-refractivity contribution in [3.05, 3.63) is 71.3 Å². The van der Waals surface area contributed by atoms with E-state index in [1.165, 1.54) is 0 Å². The van der Waals surface area contributed by atoms with Gasteiger partial charge >= 0.3 is 5.97 Å². The van der Waals surface area contributed by atoms with Gasteiger partial charge in [0, 0.05) is 31.7 Å². The molecule has 1 fully saturated rings. The lowest BCUT2D eigenvalue weighted by molar-refractivity contribution is -0.140. The number of ether oxygens (including phenoxy) is 1. The first-order valence-corrected chi connectivity index (χ1v) is 9.64. The number of hydrogen-bond acceptors (Lipinski definition) is 4. The Morgan fingerprint density at radius 2 is 1.68 bits per heavy atom. The Morgan fingerprint density at radius 3 is 2.39 bits per heavy atom. The molecule has 2 heterocycles. The molecule has 2 aromatic rings. The molecule has 6 nitrogen and oxygen atoms in total. The molecule has 6 heteroatoms. The number of morpholine rings is 1. The van der Waals surface area contributed by atoms with Crippen molar-refractivity contribution in [1.82, 2.24) is 9.80 Å². The molecule has 0 spiro atoms. The molecular weight excluding hydrogens is 356 g/mol. The maximum atomic E-state index is 13.3. The smallest absolute Gasteiger partial charge is 0.313 e. The van der Waals surface area contributed by atoms with E-state index in [4.69, 9.17) is 4.74 Å². The summed E-state index contributed by atoms with van der Waals surface area (Å²) in [5, 5.41) is 10.1. The molecule has 28 heavy (non-hydrogen) atoms. The van der Waals surface area contributed by atoms with Crippen LogP contribution in [0.4, 0.5) is 0 Å². The van der Waals surface area contributed by atoms with Gasteiger partial charge in [-0.3, -0.25) is 14.5 Å². The number of carbonyl (C=O) groups excluding carboxylic acids is 1. The molecule has 0 saturated carbocycles. The van der Waals surface area contributed by atoms with E-state index >= 15 is 0 Å². The zero-order valence-electron chi connectivity index (χ0n) is 15.7. The molecule has 1 amide bonds. The first kappa shape index (κ1) is 18.7. The van der Waals surface area contributed by atoms with Crippen LogP contribution in [0.5, 0.6) is 0 Å². The van der Waals surface area contributed by atoms with Crippen molar-refractivity contribution >= 4 is 11.9 Å². The second-order valence-corrected chi connectivity index (χ2v) is 7.21. The summed E-state index contributed by atoms with van der Waals surface area (Å²) in [4.78, 5) is 29.6. The van der Waals surface area contributed by atoms with Gasteiger partial charge in [-0.1, -0.05) is 48.5 Å². The number of carbonyl (C=O) groups is 2. The first-order chi connectivity index (χ1) is 13.7. The molecule has 0 unspecified atom stereocenters. The SMILES string of the molecule is O=C(O)[C@H]1c2ccccc2C(=O)N(CCN2CCOCC2)[C@@H]1c1ccccc1. The van der Waals surface area contributed by atoms with E-state index < -0.39 is 17.9 Å². The highest BCUT2D eigenvalue weighted by Crippen LogP contribution is 2.42. The highest BCUT2D eigenvalue weighted by atomic mass is 16.5. The van der Waals surface area contributed by atoms with E-state index in [0.717, 1.165) is 18.7 Å². The van der Waals surface area contributed by atoms with Crippen molar-refractivity contribution in [3.63, 3.8) is 0 Å². The highest BCUT2D eigenvalue weighted by Gasteiger charge is 2.44. The van der Waals surface area contributed by atoms with E-state index in [-0.39, 0.29) is 5.91 Å². The predicted octanol–water partition coefficient (Wildman–Crippen LogP) is 2.38. The van der Waals surface area contributed by atoms with Gasteiger partial charge in [0.1, 0.15) is 5.92 Å². The Morgan fingerprint density at radius 1 is 1.00 bits per heavy atom. The maximum absolute atomic E-state index is 13.3. The highest BCUT2D eigenvalue weighted by molar-refractivity contribution is 6.00. The average Bonchev–Trinajstić information content (AvgIpc) is 2.74. The minimum atomic E-state index is -0.912.